The molecule has 0 spiro atoms. The summed E-state index contributed by atoms with van der Waals surface area (Å²) in [5.41, 5.74) is -4.98. The van der Waals surface area contributed by atoms with E-state index in [1.807, 2.05) is 0 Å². The van der Waals surface area contributed by atoms with Crippen LogP contribution in [-0.2, 0) is 6.54 Å². The number of aryl methyl sites for hydroxylation is 1. The van der Waals surface area contributed by atoms with Crippen LogP contribution in [0.1, 0.15) is 17.4 Å². The minimum atomic E-state index is -4.53. The molecule has 0 aliphatic rings. The van der Waals surface area contributed by atoms with Gasteiger partial charge in [0.05, 0.1) is 0 Å². The summed E-state index contributed by atoms with van der Waals surface area (Å²) in [5.74, 6) is -0.991. The van der Waals surface area contributed by atoms with E-state index in [1.54, 1.807) is 6.92 Å². The number of amides is 1. The van der Waals surface area contributed by atoms with Gasteiger partial charge in [-0.2, -0.15) is 23.3 Å². The zero-order valence-electron chi connectivity index (χ0n) is 11.0. The highest BCUT2D eigenvalue weighted by atomic mass is 32.2. The van der Waals surface area contributed by atoms with Crippen molar-refractivity contribution < 1.29 is 18.0 Å². The fourth-order valence-corrected chi connectivity index (χ4v) is 1.85. The Morgan fingerprint density at radius 3 is 2.82 bits per heavy atom. The van der Waals surface area contributed by atoms with E-state index in [0.717, 1.165) is 10.7 Å². The van der Waals surface area contributed by atoms with E-state index in [0.29, 0.717) is 0 Å². The van der Waals surface area contributed by atoms with E-state index in [-0.39, 0.29) is 23.7 Å². The lowest BCUT2D eigenvalue weighted by Crippen LogP contribution is -2.25. The average Bonchev–Trinajstić information content (AvgIpc) is 2.84. The topological polar surface area (TPSA) is 106 Å². The third kappa shape index (κ3) is 4.07. The predicted molar refractivity (Wildman–Crippen MR) is 70.4 cm³/mol. The highest BCUT2D eigenvalue weighted by molar-refractivity contribution is 8.00. The molecule has 118 valence electrons. The van der Waals surface area contributed by atoms with E-state index in [2.05, 4.69) is 25.6 Å². The summed E-state index contributed by atoms with van der Waals surface area (Å²) in [6.45, 7) is 1.95. The Bertz CT molecular complexity index is 741. The molecule has 2 heterocycles. The molecule has 22 heavy (non-hydrogen) atoms. The Morgan fingerprint density at radius 2 is 2.18 bits per heavy atom. The molecule has 8 nitrogen and oxygen atoms in total. The molecule has 0 unspecified atom stereocenters. The first-order chi connectivity index (χ1) is 10.3. The maximum atomic E-state index is 12.1. The second-order valence-corrected chi connectivity index (χ2v) is 4.87. The molecule has 12 heteroatoms. The molecule has 2 aromatic heterocycles. The van der Waals surface area contributed by atoms with Crippen molar-refractivity contribution >= 4 is 23.6 Å². The number of hydrogen-bond donors (Lipinski definition) is 2. The molecule has 0 radical (unpaired) electrons. The number of hydrogen-bond acceptors (Lipinski definition) is 6. The van der Waals surface area contributed by atoms with Gasteiger partial charge in [-0.25, -0.2) is 9.78 Å². The van der Waals surface area contributed by atoms with E-state index in [9.17, 15) is 22.8 Å². The van der Waals surface area contributed by atoms with Crippen molar-refractivity contribution in [1.82, 2.24) is 25.0 Å². The van der Waals surface area contributed by atoms with E-state index in [1.165, 1.54) is 6.07 Å². The molecule has 0 aliphatic carbocycles. The Kier molecular flexibility index (Phi) is 4.49. The first-order valence-corrected chi connectivity index (χ1v) is 6.68. The maximum absolute atomic E-state index is 12.1. The van der Waals surface area contributed by atoms with Crippen LogP contribution in [0.15, 0.2) is 22.1 Å². The van der Waals surface area contributed by atoms with Crippen LogP contribution in [0.5, 0.6) is 0 Å². The highest BCUT2D eigenvalue weighted by Gasteiger charge is 2.31. The van der Waals surface area contributed by atoms with Gasteiger partial charge in [0.1, 0.15) is 5.69 Å². The lowest BCUT2D eigenvalue weighted by molar-refractivity contribution is -0.0330. The smallest absolute Gasteiger partial charge is 0.289 e. The first kappa shape index (κ1) is 16.0. The summed E-state index contributed by atoms with van der Waals surface area (Å²) in [7, 11) is 0. The molecular formula is C10H9F3N6O2S. The number of thioether (sulfide) groups is 1. The number of aromatic nitrogens is 5. The Hall–Kier alpha value is -2.37. The van der Waals surface area contributed by atoms with Crippen molar-refractivity contribution in [3.05, 3.63) is 28.2 Å². The molecule has 0 saturated carbocycles. The van der Waals surface area contributed by atoms with Crippen molar-refractivity contribution in [1.29, 1.82) is 0 Å². The number of halogens is 3. The molecule has 2 aromatic rings. The number of nitrogens with one attached hydrogen (secondary N) is 2. The summed E-state index contributed by atoms with van der Waals surface area (Å²) >= 11 is -0.513. The van der Waals surface area contributed by atoms with Crippen LogP contribution < -0.4 is 10.9 Å². The number of nitrogens with zero attached hydrogens (tertiary/aromatic N) is 4. The number of aromatic amines is 1. The number of H-pyrrole nitrogens is 1. The van der Waals surface area contributed by atoms with Gasteiger partial charge < -0.3 is 0 Å². The molecular weight excluding hydrogens is 325 g/mol. The van der Waals surface area contributed by atoms with Gasteiger partial charge in [-0.15, -0.1) is 5.10 Å². The zero-order chi connectivity index (χ0) is 16.3. The van der Waals surface area contributed by atoms with Crippen LogP contribution in [0.2, 0.25) is 0 Å². The number of carbonyl (C=O) groups is 1. The molecule has 0 bridgehead atoms. The predicted octanol–water partition coefficient (Wildman–Crippen LogP) is 1.25. The highest BCUT2D eigenvalue weighted by Crippen LogP contribution is 2.34. The second kappa shape index (κ2) is 6.17. The Balaban J connectivity index is 2.11. The number of anilines is 1. The number of alkyl halides is 3. The molecule has 2 rings (SSSR count). The largest absolute Gasteiger partial charge is 0.449 e. The lowest BCUT2D eigenvalue weighted by atomic mass is 10.3. The van der Waals surface area contributed by atoms with Crippen LogP contribution in [0.25, 0.3) is 0 Å². The summed E-state index contributed by atoms with van der Waals surface area (Å²) < 4.78 is 37.5. The molecule has 0 aliphatic heterocycles. The quantitative estimate of drug-likeness (QED) is 0.815. The summed E-state index contributed by atoms with van der Waals surface area (Å²) in [6.07, 6.45) is 0. The van der Waals surface area contributed by atoms with Crippen LogP contribution in [0.3, 0.4) is 0 Å². The van der Waals surface area contributed by atoms with Crippen LogP contribution in [0, 0.1) is 0 Å². The minimum absolute atomic E-state index is 0.0807. The van der Waals surface area contributed by atoms with E-state index in [4.69, 9.17) is 0 Å². The van der Waals surface area contributed by atoms with Crippen molar-refractivity contribution in [2.45, 2.75) is 24.1 Å². The SMILES string of the molecule is CCn1nc(C(=O)Nc2nc(SC(F)(F)F)n[nH]2)ccc1=O. The van der Waals surface area contributed by atoms with Crippen molar-refractivity contribution in [2.75, 3.05) is 5.32 Å². The van der Waals surface area contributed by atoms with Crippen LogP contribution in [-0.4, -0.2) is 36.4 Å². The van der Waals surface area contributed by atoms with Gasteiger partial charge in [-0.1, -0.05) is 0 Å². The van der Waals surface area contributed by atoms with E-state index < -0.39 is 28.3 Å². The monoisotopic (exact) mass is 334 g/mol. The average molecular weight is 334 g/mol. The fraction of sp³-hybridized carbons (Fsp3) is 0.300. The van der Waals surface area contributed by atoms with Gasteiger partial charge in [0.25, 0.3) is 11.5 Å². The third-order valence-electron chi connectivity index (χ3n) is 2.30. The van der Waals surface area contributed by atoms with Crippen LogP contribution >= 0.6 is 11.8 Å². The maximum Gasteiger partial charge on any atom is 0.449 e. The van der Waals surface area contributed by atoms with Gasteiger partial charge in [-0.05, 0) is 13.0 Å². The fourth-order valence-electron chi connectivity index (χ4n) is 1.42. The van der Waals surface area contributed by atoms with Crippen molar-refractivity contribution in [2.24, 2.45) is 0 Å². The summed E-state index contributed by atoms with van der Waals surface area (Å²) in [6, 6.07) is 2.36. The lowest BCUT2D eigenvalue weighted by Gasteiger charge is -2.03. The Labute approximate surface area is 125 Å². The molecule has 0 aromatic carbocycles. The summed E-state index contributed by atoms with van der Waals surface area (Å²) in [4.78, 5) is 26.7. The summed E-state index contributed by atoms with van der Waals surface area (Å²) in [5, 5.41) is 10.9. The minimum Gasteiger partial charge on any atom is -0.289 e. The van der Waals surface area contributed by atoms with Gasteiger partial charge in [0.2, 0.25) is 11.1 Å². The van der Waals surface area contributed by atoms with Gasteiger partial charge in [-0.3, -0.25) is 14.9 Å². The molecule has 2 N–H and O–H groups in total. The molecule has 1 amide bonds. The van der Waals surface area contributed by atoms with E-state index >= 15 is 0 Å². The number of carbonyl (C=O) groups excluding carboxylic acids is 1. The first-order valence-electron chi connectivity index (χ1n) is 5.86. The third-order valence-corrected chi connectivity index (χ3v) is 2.90. The van der Waals surface area contributed by atoms with Gasteiger partial charge in [0.15, 0.2) is 0 Å². The normalized spacial score (nSPS) is 11.5. The zero-order valence-corrected chi connectivity index (χ0v) is 11.8. The van der Waals surface area contributed by atoms with Gasteiger partial charge in [0, 0.05) is 24.4 Å². The standard InChI is InChI=1S/C10H9F3N6O2S/c1-2-19-6(20)4-3-5(18-19)7(21)14-8-15-9(17-16-8)22-10(11,12)13/h3-4H,2H2,1H3,(H2,14,15,16,17,21). The van der Waals surface area contributed by atoms with Crippen molar-refractivity contribution in [3.8, 4) is 0 Å². The molecule has 0 atom stereocenters. The van der Waals surface area contributed by atoms with Gasteiger partial charge >= 0.3 is 5.51 Å². The molecule has 0 saturated heterocycles. The second-order valence-electron chi connectivity index (χ2n) is 3.84. The van der Waals surface area contributed by atoms with Crippen LogP contribution in [0.4, 0.5) is 19.1 Å². The number of rotatable bonds is 4. The van der Waals surface area contributed by atoms with Crippen molar-refractivity contribution in [3.63, 3.8) is 0 Å². The molecule has 0 fully saturated rings. The Morgan fingerprint density at radius 1 is 1.45 bits per heavy atom.